The Morgan fingerprint density at radius 3 is 2.38 bits per heavy atom. The summed E-state index contributed by atoms with van der Waals surface area (Å²) >= 11 is 15.5. The Morgan fingerprint density at radius 1 is 0.973 bits per heavy atom. The molecule has 1 heterocycles. The van der Waals surface area contributed by atoms with Crippen LogP contribution < -0.4 is 20.3 Å². The molecule has 0 aliphatic heterocycles. The molecule has 3 N–H and O–H groups in total. The van der Waals surface area contributed by atoms with Gasteiger partial charge in [-0.15, -0.1) is 0 Å². The number of sulfonamides is 1. The van der Waals surface area contributed by atoms with Crippen LogP contribution in [0.2, 0.25) is 10.0 Å². The summed E-state index contributed by atoms with van der Waals surface area (Å²) in [5.41, 5.74) is -0.0584. The minimum Gasteiger partial charge on any atom is -0.456 e. The number of anilines is 2. The number of amides is 1. The highest BCUT2D eigenvalue weighted by molar-refractivity contribution is 9.10. The number of hydrogen-bond donors (Lipinski definition) is 3. The van der Waals surface area contributed by atoms with Gasteiger partial charge in [0, 0.05) is 15.2 Å². The largest absolute Gasteiger partial charge is 0.456 e. The second-order valence-electron chi connectivity index (χ2n) is 7.74. The van der Waals surface area contributed by atoms with Gasteiger partial charge in [-0.05, 0) is 83.5 Å². The highest BCUT2D eigenvalue weighted by Gasteiger charge is 2.21. The molecule has 8 nitrogen and oxygen atoms in total. The highest BCUT2D eigenvalue weighted by atomic mass is 79.9. The Morgan fingerprint density at radius 2 is 1.68 bits per heavy atom. The number of aromatic nitrogens is 1. The molecule has 0 saturated heterocycles. The number of rotatable bonds is 7. The monoisotopic (exact) mass is 621 g/mol. The summed E-state index contributed by atoms with van der Waals surface area (Å²) in [6, 6.07) is 18.1. The molecule has 4 aromatic rings. The van der Waals surface area contributed by atoms with E-state index in [1.807, 2.05) is 0 Å². The van der Waals surface area contributed by atoms with Crippen molar-refractivity contribution in [2.75, 3.05) is 10.0 Å². The molecule has 0 spiro atoms. The molecule has 0 radical (unpaired) electrons. The van der Waals surface area contributed by atoms with Crippen LogP contribution in [-0.4, -0.2) is 19.3 Å². The molecule has 0 aliphatic rings. The third-order valence-electron chi connectivity index (χ3n) is 5.09. The number of carbonyl (C=O) groups excluding carboxylic acids is 1. The predicted octanol–water partition coefficient (Wildman–Crippen LogP) is 6.60. The van der Waals surface area contributed by atoms with Crippen LogP contribution in [0, 0.1) is 6.92 Å². The lowest BCUT2D eigenvalue weighted by atomic mass is 10.1. The SMILES string of the molecule is Cc1[nH]c(=O)c(NC(=O)c2cc(Cl)ccc2NS(=O)(=O)c2ccc(Oc3ccccc3Cl)cc2)cc1Br. The van der Waals surface area contributed by atoms with Gasteiger partial charge in [-0.2, -0.15) is 0 Å². The van der Waals surface area contributed by atoms with Crippen LogP contribution in [0.25, 0.3) is 0 Å². The Labute approximate surface area is 230 Å². The first-order valence-electron chi connectivity index (χ1n) is 10.6. The molecule has 0 atom stereocenters. The van der Waals surface area contributed by atoms with E-state index in [1.54, 1.807) is 31.2 Å². The van der Waals surface area contributed by atoms with Gasteiger partial charge in [0.15, 0.2) is 0 Å². The maximum atomic E-state index is 13.1. The van der Waals surface area contributed by atoms with Crippen LogP contribution in [0.3, 0.4) is 0 Å². The van der Waals surface area contributed by atoms with Crippen molar-refractivity contribution in [3.63, 3.8) is 0 Å². The lowest BCUT2D eigenvalue weighted by molar-refractivity contribution is 0.102. The van der Waals surface area contributed by atoms with Crippen LogP contribution in [0.1, 0.15) is 16.1 Å². The van der Waals surface area contributed by atoms with Crippen LogP contribution >= 0.6 is 39.1 Å². The van der Waals surface area contributed by atoms with Crippen LogP contribution in [-0.2, 0) is 10.0 Å². The quantitative estimate of drug-likeness (QED) is 0.215. The van der Waals surface area contributed by atoms with Gasteiger partial charge in [0.05, 0.1) is 21.2 Å². The summed E-state index contributed by atoms with van der Waals surface area (Å²) in [5.74, 6) is 0.0761. The van der Waals surface area contributed by atoms with Gasteiger partial charge in [0.2, 0.25) is 0 Å². The molecular formula is C25H18BrCl2N3O5S. The molecule has 4 rings (SSSR count). The lowest BCUT2D eigenvalue weighted by Gasteiger charge is -2.14. The van der Waals surface area contributed by atoms with E-state index in [4.69, 9.17) is 27.9 Å². The molecule has 3 aromatic carbocycles. The number of halogens is 3. The van der Waals surface area contributed by atoms with E-state index in [9.17, 15) is 18.0 Å². The molecule has 1 amide bonds. The van der Waals surface area contributed by atoms with Gasteiger partial charge >= 0.3 is 0 Å². The van der Waals surface area contributed by atoms with Crippen molar-refractivity contribution in [1.82, 2.24) is 4.98 Å². The average Bonchev–Trinajstić information content (AvgIpc) is 2.85. The summed E-state index contributed by atoms with van der Waals surface area (Å²) in [5, 5.41) is 3.10. The molecule has 12 heteroatoms. The maximum absolute atomic E-state index is 13.1. The highest BCUT2D eigenvalue weighted by Crippen LogP contribution is 2.30. The van der Waals surface area contributed by atoms with Crippen molar-refractivity contribution in [2.24, 2.45) is 0 Å². The third-order valence-corrected chi connectivity index (χ3v) is 7.84. The summed E-state index contributed by atoms with van der Waals surface area (Å²) in [6.07, 6.45) is 0. The van der Waals surface area contributed by atoms with E-state index in [-0.39, 0.29) is 26.9 Å². The maximum Gasteiger partial charge on any atom is 0.271 e. The molecular weight excluding hydrogens is 605 g/mol. The number of hydrogen-bond acceptors (Lipinski definition) is 5. The first kappa shape index (κ1) is 26.7. The van der Waals surface area contributed by atoms with Crippen LogP contribution in [0.5, 0.6) is 11.5 Å². The molecule has 0 aliphatic carbocycles. The molecule has 0 unspecified atom stereocenters. The predicted molar refractivity (Wildman–Crippen MR) is 148 cm³/mol. The van der Waals surface area contributed by atoms with Crippen molar-refractivity contribution in [2.45, 2.75) is 11.8 Å². The molecule has 0 saturated carbocycles. The van der Waals surface area contributed by atoms with Crippen molar-refractivity contribution in [3.8, 4) is 11.5 Å². The fourth-order valence-corrected chi connectivity index (χ4v) is 4.97. The van der Waals surface area contributed by atoms with Gasteiger partial charge in [-0.25, -0.2) is 8.42 Å². The first-order valence-corrected chi connectivity index (χ1v) is 13.6. The zero-order valence-electron chi connectivity index (χ0n) is 19.0. The fraction of sp³-hybridized carbons (Fsp3) is 0.0400. The van der Waals surface area contributed by atoms with Crippen molar-refractivity contribution in [1.29, 1.82) is 0 Å². The normalized spacial score (nSPS) is 11.1. The van der Waals surface area contributed by atoms with Crippen molar-refractivity contribution in [3.05, 3.63) is 109 Å². The van der Waals surface area contributed by atoms with E-state index in [2.05, 4.69) is 31.0 Å². The average molecular weight is 623 g/mol. The van der Waals surface area contributed by atoms with Crippen molar-refractivity contribution >= 4 is 66.4 Å². The van der Waals surface area contributed by atoms with E-state index < -0.39 is 21.5 Å². The Hall–Kier alpha value is -3.31. The van der Waals surface area contributed by atoms with Crippen LogP contribution in [0.4, 0.5) is 11.4 Å². The first-order chi connectivity index (χ1) is 17.5. The second-order valence-corrected chi connectivity index (χ2v) is 11.1. The number of ether oxygens (including phenoxy) is 1. The molecule has 0 bridgehead atoms. The number of H-pyrrole nitrogens is 1. The summed E-state index contributed by atoms with van der Waals surface area (Å²) in [4.78, 5) is 27.8. The lowest BCUT2D eigenvalue weighted by Crippen LogP contribution is -2.22. The minimum atomic E-state index is -4.10. The zero-order valence-corrected chi connectivity index (χ0v) is 22.9. The van der Waals surface area contributed by atoms with Gasteiger partial charge in [0.25, 0.3) is 21.5 Å². The van der Waals surface area contributed by atoms with E-state index >= 15 is 0 Å². The van der Waals surface area contributed by atoms with E-state index in [1.165, 1.54) is 48.5 Å². The van der Waals surface area contributed by atoms with Crippen molar-refractivity contribution < 1.29 is 17.9 Å². The number of carbonyl (C=O) groups is 1. The fourth-order valence-electron chi connectivity index (χ4n) is 3.22. The molecule has 0 fully saturated rings. The molecule has 1 aromatic heterocycles. The number of pyridine rings is 1. The van der Waals surface area contributed by atoms with Gasteiger partial charge in [-0.1, -0.05) is 35.3 Å². The zero-order chi connectivity index (χ0) is 26.7. The number of benzene rings is 3. The van der Waals surface area contributed by atoms with E-state index in [0.29, 0.717) is 26.7 Å². The summed E-state index contributed by atoms with van der Waals surface area (Å²) < 4.78 is 34.8. The smallest absolute Gasteiger partial charge is 0.271 e. The number of nitrogens with one attached hydrogen (secondary N) is 3. The molecule has 37 heavy (non-hydrogen) atoms. The van der Waals surface area contributed by atoms with Crippen LogP contribution in [0.15, 0.2) is 87.0 Å². The van der Waals surface area contributed by atoms with Gasteiger partial charge < -0.3 is 15.0 Å². The van der Waals surface area contributed by atoms with Gasteiger partial charge in [-0.3, -0.25) is 14.3 Å². The van der Waals surface area contributed by atoms with Gasteiger partial charge in [0.1, 0.15) is 17.2 Å². The number of aryl methyl sites for hydroxylation is 1. The third kappa shape index (κ3) is 6.34. The summed E-state index contributed by atoms with van der Waals surface area (Å²) in [7, 11) is -4.10. The minimum absolute atomic E-state index is 0.0228. The Kier molecular flexibility index (Phi) is 7.93. The topological polar surface area (TPSA) is 117 Å². The Balaban J connectivity index is 1.57. The molecule has 190 valence electrons. The number of aromatic amines is 1. The second kappa shape index (κ2) is 11.0. The Bertz CT molecular complexity index is 1660. The summed E-state index contributed by atoms with van der Waals surface area (Å²) in [6.45, 7) is 1.69. The standard InChI is InChI=1S/C25H18BrCl2N3O5S/c1-14-19(26)13-22(25(33)29-14)30-24(32)18-12-15(27)6-11-21(18)31-37(34,35)17-9-7-16(8-10-17)36-23-5-3-2-4-20(23)28/h2-13,31H,1H3,(H,29,33)(H,30,32). The van der Waals surface area contributed by atoms with E-state index in [0.717, 1.165) is 0 Å². The number of para-hydroxylation sites is 1.